The van der Waals surface area contributed by atoms with Crippen molar-refractivity contribution in [2.45, 2.75) is 25.9 Å². The molecule has 0 fully saturated rings. The van der Waals surface area contributed by atoms with Gasteiger partial charge in [0.1, 0.15) is 6.61 Å². The summed E-state index contributed by atoms with van der Waals surface area (Å²) in [5.74, 6) is 1.16. The molecule has 1 aromatic carbocycles. The topological polar surface area (TPSA) is 9.23 Å². The van der Waals surface area contributed by atoms with Crippen LogP contribution in [0.1, 0.15) is 24.8 Å². The van der Waals surface area contributed by atoms with E-state index in [9.17, 15) is 0 Å². The van der Waals surface area contributed by atoms with Crippen LogP contribution in [0.5, 0.6) is 0 Å². The van der Waals surface area contributed by atoms with E-state index in [0.717, 1.165) is 16.7 Å². The van der Waals surface area contributed by atoms with Crippen molar-refractivity contribution in [3.05, 3.63) is 46.1 Å². The first-order chi connectivity index (χ1) is 6.84. The van der Waals surface area contributed by atoms with Crippen LogP contribution in [-0.2, 0) is 11.3 Å². The van der Waals surface area contributed by atoms with Crippen molar-refractivity contribution in [1.29, 1.82) is 0 Å². The second kappa shape index (κ2) is 4.65. The minimum atomic E-state index is 0.686. The zero-order valence-electron chi connectivity index (χ0n) is 8.00. The summed E-state index contributed by atoms with van der Waals surface area (Å²) < 4.78 is 6.79. The van der Waals surface area contributed by atoms with E-state index in [1.165, 1.54) is 18.4 Å². The molecule has 1 aliphatic carbocycles. The van der Waals surface area contributed by atoms with E-state index >= 15 is 0 Å². The third kappa shape index (κ3) is 2.61. The summed E-state index contributed by atoms with van der Waals surface area (Å²) in [7, 11) is 0. The fraction of sp³-hybridized carbons (Fsp3) is 0.333. The van der Waals surface area contributed by atoms with Crippen molar-refractivity contribution in [2.24, 2.45) is 0 Å². The summed E-state index contributed by atoms with van der Waals surface area (Å²) >= 11 is 3.45. The molecule has 74 valence electrons. The van der Waals surface area contributed by atoms with Crippen LogP contribution in [0.3, 0.4) is 0 Å². The molecular weight excluding hydrogens is 240 g/mol. The smallest absolute Gasteiger partial charge is 0.113 e. The van der Waals surface area contributed by atoms with E-state index in [2.05, 4.69) is 34.1 Å². The number of hydrogen-bond donors (Lipinski definition) is 0. The van der Waals surface area contributed by atoms with Gasteiger partial charge in [-0.3, -0.25) is 0 Å². The quantitative estimate of drug-likeness (QED) is 0.790. The molecule has 0 spiro atoms. The Hall–Kier alpha value is -0.760. The molecule has 14 heavy (non-hydrogen) atoms. The fourth-order valence-electron chi connectivity index (χ4n) is 1.58. The van der Waals surface area contributed by atoms with Gasteiger partial charge in [0.05, 0.1) is 5.76 Å². The lowest BCUT2D eigenvalue weighted by molar-refractivity contribution is 0.193. The number of benzene rings is 1. The number of hydrogen-bond acceptors (Lipinski definition) is 1. The molecule has 2 heteroatoms. The lowest BCUT2D eigenvalue weighted by Gasteiger charge is -2.06. The highest BCUT2D eigenvalue weighted by atomic mass is 79.9. The fourth-order valence-corrected chi connectivity index (χ4v) is 2.02. The molecule has 0 heterocycles. The largest absolute Gasteiger partial charge is 0.494 e. The molecule has 1 aromatic rings. The predicted octanol–water partition coefficient (Wildman–Crippen LogP) is 4.03. The maximum atomic E-state index is 5.68. The molecule has 0 radical (unpaired) electrons. The summed E-state index contributed by atoms with van der Waals surface area (Å²) in [6.07, 6.45) is 5.72. The van der Waals surface area contributed by atoms with E-state index in [1.807, 2.05) is 12.1 Å². The van der Waals surface area contributed by atoms with Gasteiger partial charge in [-0.1, -0.05) is 28.1 Å². The molecule has 2 rings (SSSR count). The van der Waals surface area contributed by atoms with E-state index in [4.69, 9.17) is 4.74 Å². The molecule has 1 aliphatic rings. The minimum absolute atomic E-state index is 0.686. The Morgan fingerprint density at radius 2 is 2.29 bits per heavy atom. The highest BCUT2D eigenvalue weighted by Gasteiger charge is 2.05. The summed E-state index contributed by atoms with van der Waals surface area (Å²) in [5, 5.41) is 0. The summed E-state index contributed by atoms with van der Waals surface area (Å²) in [6.45, 7) is 0.686. The highest BCUT2D eigenvalue weighted by molar-refractivity contribution is 9.10. The summed E-state index contributed by atoms with van der Waals surface area (Å²) in [6, 6.07) is 8.24. The second-order valence-corrected chi connectivity index (χ2v) is 4.40. The zero-order valence-corrected chi connectivity index (χ0v) is 9.59. The van der Waals surface area contributed by atoms with Crippen molar-refractivity contribution >= 4 is 15.9 Å². The van der Waals surface area contributed by atoms with Gasteiger partial charge in [0.2, 0.25) is 0 Å². The van der Waals surface area contributed by atoms with Crippen LogP contribution >= 0.6 is 15.9 Å². The lowest BCUT2D eigenvalue weighted by atomic mass is 10.2. The van der Waals surface area contributed by atoms with Crippen LogP contribution < -0.4 is 0 Å². The Morgan fingerprint density at radius 1 is 1.36 bits per heavy atom. The van der Waals surface area contributed by atoms with Crippen LogP contribution in [0.2, 0.25) is 0 Å². The predicted molar refractivity (Wildman–Crippen MR) is 60.9 cm³/mol. The van der Waals surface area contributed by atoms with Crippen LogP contribution in [0.25, 0.3) is 0 Å². The molecule has 0 saturated carbocycles. The van der Waals surface area contributed by atoms with Crippen molar-refractivity contribution in [2.75, 3.05) is 0 Å². The normalized spacial score (nSPS) is 15.4. The monoisotopic (exact) mass is 252 g/mol. The molecule has 0 unspecified atom stereocenters. The average Bonchev–Trinajstić information content (AvgIpc) is 2.67. The minimum Gasteiger partial charge on any atom is -0.494 e. The Labute approximate surface area is 92.9 Å². The van der Waals surface area contributed by atoms with Gasteiger partial charge in [0.25, 0.3) is 0 Å². The molecule has 0 saturated heterocycles. The van der Waals surface area contributed by atoms with Crippen molar-refractivity contribution in [3.63, 3.8) is 0 Å². The molecular formula is C12H13BrO. The highest BCUT2D eigenvalue weighted by Crippen LogP contribution is 2.20. The van der Waals surface area contributed by atoms with E-state index < -0.39 is 0 Å². The zero-order chi connectivity index (χ0) is 9.80. The van der Waals surface area contributed by atoms with Gasteiger partial charge < -0.3 is 4.74 Å². The van der Waals surface area contributed by atoms with Gasteiger partial charge in [-0.2, -0.15) is 0 Å². The Morgan fingerprint density at radius 3 is 3.00 bits per heavy atom. The molecule has 0 bridgehead atoms. The average molecular weight is 253 g/mol. The van der Waals surface area contributed by atoms with Gasteiger partial charge in [0, 0.05) is 10.9 Å². The van der Waals surface area contributed by atoms with Gasteiger partial charge >= 0.3 is 0 Å². The van der Waals surface area contributed by atoms with Crippen molar-refractivity contribution in [3.8, 4) is 0 Å². The number of rotatable bonds is 3. The van der Waals surface area contributed by atoms with Gasteiger partial charge in [-0.25, -0.2) is 0 Å². The molecule has 0 atom stereocenters. The Balaban J connectivity index is 1.91. The first-order valence-electron chi connectivity index (χ1n) is 4.91. The van der Waals surface area contributed by atoms with E-state index in [-0.39, 0.29) is 0 Å². The van der Waals surface area contributed by atoms with E-state index in [0.29, 0.717) is 6.61 Å². The number of ether oxygens (including phenoxy) is 1. The van der Waals surface area contributed by atoms with Crippen molar-refractivity contribution < 1.29 is 4.74 Å². The van der Waals surface area contributed by atoms with Gasteiger partial charge in [0.15, 0.2) is 0 Å². The van der Waals surface area contributed by atoms with E-state index in [1.54, 1.807) is 0 Å². The van der Waals surface area contributed by atoms with Crippen LogP contribution in [0.4, 0.5) is 0 Å². The van der Waals surface area contributed by atoms with Crippen LogP contribution in [0, 0.1) is 0 Å². The molecule has 0 aliphatic heterocycles. The number of halogens is 1. The molecule has 0 amide bonds. The number of allylic oxidation sites excluding steroid dienone is 2. The molecule has 0 aromatic heterocycles. The maximum Gasteiger partial charge on any atom is 0.113 e. The first kappa shape index (κ1) is 9.78. The summed E-state index contributed by atoms with van der Waals surface area (Å²) in [5.41, 5.74) is 1.21. The summed E-state index contributed by atoms with van der Waals surface area (Å²) in [4.78, 5) is 0. The Bertz CT molecular complexity index is 344. The van der Waals surface area contributed by atoms with Crippen molar-refractivity contribution in [1.82, 2.24) is 0 Å². The lowest BCUT2D eigenvalue weighted by Crippen LogP contribution is -1.91. The van der Waals surface area contributed by atoms with Crippen LogP contribution in [-0.4, -0.2) is 0 Å². The SMILES string of the molecule is Brc1cccc(COC2=CCCC2)c1. The Kier molecular flexibility index (Phi) is 3.25. The maximum absolute atomic E-state index is 5.68. The third-order valence-electron chi connectivity index (χ3n) is 2.31. The standard InChI is InChI=1S/C12H13BrO/c13-11-5-3-4-10(8-11)9-14-12-6-1-2-7-12/h3-6,8H,1-2,7,9H2. The van der Waals surface area contributed by atoms with Crippen LogP contribution in [0.15, 0.2) is 40.6 Å². The van der Waals surface area contributed by atoms with Gasteiger partial charge in [-0.05, 0) is 36.6 Å². The molecule has 0 N–H and O–H groups in total. The first-order valence-corrected chi connectivity index (χ1v) is 5.70. The third-order valence-corrected chi connectivity index (χ3v) is 2.81. The molecule has 1 nitrogen and oxygen atoms in total. The second-order valence-electron chi connectivity index (χ2n) is 3.48. The van der Waals surface area contributed by atoms with Gasteiger partial charge in [-0.15, -0.1) is 0 Å².